The Morgan fingerprint density at radius 3 is 2.28 bits per heavy atom. The Kier molecular flexibility index (Phi) is 8.15. The van der Waals surface area contributed by atoms with E-state index < -0.39 is 15.9 Å². The summed E-state index contributed by atoms with van der Waals surface area (Å²) in [6.45, 7) is 1.45. The summed E-state index contributed by atoms with van der Waals surface area (Å²) in [4.78, 5) is 12.3. The molecule has 0 saturated heterocycles. The van der Waals surface area contributed by atoms with E-state index in [1.165, 1.54) is 32.4 Å². The van der Waals surface area contributed by atoms with Gasteiger partial charge in [0.1, 0.15) is 16.4 Å². The lowest BCUT2D eigenvalue weighted by atomic mass is 10.1. The van der Waals surface area contributed by atoms with Gasteiger partial charge in [-0.2, -0.15) is 4.31 Å². The minimum absolute atomic E-state index is 0.0343. The summed E-state index contributed by atoms with van der Waals surface area (Å²) >= 11 is 11.9. The number of carbonyl (C=O) groups is 1. The van der Waals surface area contributed by atoms with Crippen molar-refractivity contribution in [2.24, 2.45) is 0 Å². The Balaban J connectivity index is 2.16. The minimum Gasteiger partial charge on any atom is -0.496 e. The van der Waals surface area contributed by atoms with E-state index in [4.69, 9.17) is 32.7 Å². The molecular formula is C19H22Cl2N2O5S. The van der Waals surface area contributed by atoms with Gasteiger partial charge in [0.15, 0.2) is 0 Å². The number of ether oxygens (including phenoxy) is 2. The molecule has 2 rings (SSSR count). The molecule has 0 radical (unpaired) electrons. The predicted molar refractivity (Wildman–Crippen MR) is 112 cm³/mol. The van der Waals surface area contributed by atoms with Gasteiger partial charge in [0.2, 0.25) is 15.9 Å². The second kappa shape index (κ2) is 10.2. The Morgan fingerprint density at radius 1 is 1.10 bits per heavy atom. The zero-order chi connectivity index (χ0) is 21.6. The van der Waals surface area contributed by atoms with Crippen LogP contribution in [-0.4, -0.2) is 45.9 Å². The first-order chi connectivity index (χ1) is 13.7. The molecule has 7 nitrogen and oxygen atoms in total. The van der Waals surface area contributed by atoms with Gasteiger partial charge in [-0.3, -0.25) is 4.79 Å². The molecule has 0 bridgehead atoms. The molecule has 29 heavy (non-hydrogen) atoms. The van der Waals surface area contributed by atoms with Crippen LogP contribution in [0.25, 0.3) is 0 Å². The van der Waals surface area contributed by atoms with Gasteiger partial charge in [-0.05, 0) is 30.3 Å². The third-order valence-corrected chi connectivity index (χ3v) is 6.81. The third kappa shape index (κ3) is 5.54. The maximum Gasteiger partial charge on any atom is 0.245 e. The van der Waals surface area contributed by atoms with E-state index in [0.717, 1.165) is 4.31 Å². The number of nitrogens with zero attached hydrogens (tertiary/aromatic N) is 1. The topological polar surface area (TPSA) is 84.9 Å². The Bertz CT molecular complexity index is 960. The van der Waals surface area contributed by atoms with Gasteiger partial charge in [-0.1, -0.05) is 36.2 Å². The molecule has 0 aliphatic carbocycles. The van der Waals surface area contributed by atoms with Gasteiger partial charge in [-0.15, -0.1) is 0 Å². The number of nitrogens with one attached hydrogen (secondary N) is 1. The molecule has 0 unspecified atom stereocenters. The molecule has 1 amide bonds. The number of carbonyl (C=O) groups excluding carboxylic acids is 1. The summed E-state index contributed by atoms with van der Waals surface area (Å²) in [5, 5.41) is 2.97. The normalized spacial score (nSPS) is 11.4. The lowest BCUT2D eigenvalue weighted by Crippen LogP contribution is -2.40. The van der Waals surface area contributed by atoms with E-state index in [-0.39, 0.29) is 34.6 Å². The summed E-state index contributed by atoms with van der Waals surface area (Å²) < 4.78 is 37.4. The quantitative estimate of drug-likeness (QED) is 0.619. The minimum atomic E-state index is -4.00. The monoisotopic (exact) mass is 460 g/mol. The molecule has 1 N–H and O–H groups in total. The second-order valence-corrected chi connectivity index (χ2v) is 8.67. The average molecular weight is 461 g/mol. The van der Waals surface area contributed by atoms with Crippen LogP contribution in [0.1, 0.15) is 12.5 Å². The Morgan fingerprint density at radius 2 is 1.72 bits per heavy atom. The molecule has 0 heterocycles. The second-order valence-electron chi connectivity index (χ2n) is 5.92. The molecular weight excluding hydrogens is 439 g/mol. The van der Waals surface area contributed by atoms with Crippen LogP contribution in [0.2, 0.25) is 10.0 Å². The molecule has 0 saturated carbocycles. The summed E-state index contributed by atoms with van der Waals surface area (Å²) in [7, 11) is -0.973. The lowest BCUT2D eigenvalue weighted by molar-refractivity contribution is -0.121. The smallest absolute Gasteiger partial charge is 0.245 e. The van der Waals surface area contributed by atoms with Crippen molar-refractivity contribution in [3.05, 3.63) is 52.0 Å². The van der Waals surface area contributed by atoms with Crippen LogP contribution in [0, 0.1) is 0 Å². The van der Waals surface area contributed by atoms with Crippen molar-refractivity contribution in [1.82, 2.24) is 9.62 Å². The molecule has 0 atom stereocenters. The average Bonchev–Trinajstić information content (AvgIpc) is 2.71. The standard InChI is InChI=1S/C19H22Cl2N2O5S/c1-4-23(29(25,26)18-10-13(20)8-9-15(18)21)12-19(24)22-11-14-16(27-2)6-5-7-17(14)28-3/h5-10H,4,11-12H2,1-3H3,(H,22,24). The Hall–Kier alpha value is -2.00. The molecule has 0 fully saturated rings. The number of hydrogen-bond acceptors (Lipinski definition) is 5. The summed E-state index contributed by atoms with van der Waals surface area (Å²) in [6.07, 6.45) is 0. The van der Waals surface area contributed by atoms with Crippen molar-refractivity contribution in [1.29, 1.82) is 0 Å². The van der Waals surface area contributed by atoms with Crippen molar-refractivity contribution in [2.45, 2.75) is 18.4 Å². The number of likely N-dealkylation sites (N-methyl/N-ethyl adjacent to an activating group) is 1. The SMILES string of the molecule is CCN(CC(=O)NCc1c(OC)cccc1OC)S(=O)(=O)c1cc(Cl)ccc1Cl. The number of halogens is 2. The predicted octanol–water partition coefficient (Wildman–Crippen LogP) is 3.34. The first kappa shape index (κ1) is 23.3. The van der Waals surface area contributed by atoms with Crippen molar-refractivity contribution in [3.63, 3.8) is 0 Å². The molecule has 0 aromatic heterocycles. The number of hydrogen-bond donors (Lipinski definition) is 1. The summed E-state index contributed by atoms with van der Waals surface area (Å²) in [5.74, 6) is 0.618. The highest BCUT2D eigenvalue weighted by Gasteiger charge is 2.28. The van der Waals surface area contributed by atoms with Crippen LogP contribution in [0.4, 0.5) is 0 Å². The van der Waals surface area contributed by atoms with Gasteiger partial charge in [0.25, 0.3) is 0 Å². The van der Waals surface area contributed by atoms with Crippen molar-refractivity contribution in [2.75, 3.05) is 27.3 Å². The summed E-state index contributed by atoms with van der Waals surface area (Å²) in [5.41, 5.74) is 0.648. The molecule has 0 aliphatic rings. The van der Waals surface area contributed by atoms with Gasteiger partial charge < -0.3 is 14.8 Å². The molecule has 2 aromatic rings. The number of methoxy groups -OCH3 is 2. The first-order valence-corrected chi connectivity index (χ1v) is 10.9. The van der Waals surface area contributed by atoms with Crippen molar-refractivity contribution < 1.29 is 22.7 Å². The van der Waals surface area contributed by atoms with Crippen LogP contribution in [0.3, 0.4) is 0 Å². The van der Waals surface area contributed by atoms with E-state index in [0.29, 0.717) is 17.1 Å². The van der Waals surface area contributed by atoms with Gasteiger partial charge in [0.05, 0.1) is 37.9 Å². The van der Waals surface area contributed by atoms with Crippen LogP contribution in [0.5, 0.6) is 11.5 Å². The fraction of sp³-hybridized carbons (Fsp3) is 0.316. The van der Waals surface area contributed by atoms with Crippen LogP contribution >= 0.6 is 23.2 Å². The van der Waals surface area contributed by atoms with Crippen LogP contribution in [-0.2, 0) is 21.4 Å². The maximum atomic E-state index is 12.9. The lowest BCUT2D eigenvalue weighted by Gasteiger charge is -2.21. The largest absolute Gasteiger partial charge is 0.496 e. The van der Waals surface area contributed by atoms with Crippen LogP contribution in [0.15, 0.2) is 41.3 Å². The fourth-order valence-electron chi connectivity index (χ4n) is 2.69. The third-order valence-electron chi connectivity index (χ3n) is 4.18. The number of amides is 1. The van der Waals surface area contributed by atoms with Gasteiger partial charge in [-0.25, -0.2) is 8.42 Å². The Labute approximate surface area is 180 Å². The summed E-state index contributed by atoms with van der Waals surface area (Å²) in [6, 6.07) is 9.41. The highest BCUT2D eigenvalue weighted by Crippen LogP contribution is 2.29. The van der Waals surface area contributed by atoms with E-state index >= 15 is 0 Å². The highest BCUT2D eigenvalue weighted by molar-refractivity contribution is 7.89. The molecule has 0 spiro atoms. The molecule has 158 valence electrons. The van der Waals surface area contributed by atoms with Gasteiger partial charge >= 0.3 is 0 Å². The van der Waals surface area contributed by atoms with E-state index in [9.17, 15) is 13.2 Å². The number of sulfonamides is 1. The number of benzene rings is 2. The van der Waals surface area contributed by atoms with E-state index in [1.807, 2.05) is 0 Å². The highest BCUT2D eigenvalue weighted by atomic mass is 35.5. The van der Waals surface area contributed by atoms with E-state index in [2.05, 4.69) is 5.32 Å². The fourth-order valence-corrected chi connectivity index (χ4v) is 4.83. The van der Waals surface area contributed by atoms with Crippen molar-refractivity contribution in [3.8, 4) is 11.5 Å². The van der Waals surface area contributed by atoms with Gasteiger partial charge in [0, 0.05) is 11.6 Å². The molecule has 10 heteroatoms. The zero-order valence-corrected chi connectivity index (χ0v) is 18.6. The molecule has 2 aromatic carbocycles. The number of rotatable bonds is 9. The first-order valence-electron chi connectivity index (χ1n) is 8.66. The maximum absolute atomic E-state index is 12.9. The van der Waals surface area contributed by atoms with E-state index in [1.54, 1.807) is 25.1 Å². The molecule has 0 aliphatic heterocycles. The van der Waals surface area contributed by atoms with Crippen molar-refractivity contribution >= 4 is 39.1 Å². The zero-order valence-electron chi connectivity index (χ0n) is 16.2. The van der Waals surface area contributed by atoms with Crippen LogP contribution < -0.4 is 14.8 Å².